The second-order valence-electron chi connectivity index (χ2n) is 8.14. The van der Waals surface area contributed by atoms with Gasteiger partial charge in [0.15, 0.2) is 0 Å². The van der Waals surface area contributed by atoms with Gasteiger partial charge < -0.3 is 20.7 Å². The van der Waals surface area contributed by atoms with Gasteiger partial charge in [0.25, 0.3) is 5.91 Å². The van der Waals surface area contributed by atoms with E-state index in [9.17, 15) is 14.3 Å². The van der Waals surface area contributed by atoms with Crippen LogP contribution >= 0.6 is 0 Å². The van der Waals surface area contributed by atoms with E-state index < -0.39 is 0 Å². The molecule has 4 aromatic rings. The summed E-state index contributed by atoms with van der Waals surface area (Å²) in [6.07, 6.45) is 4.81. The summed E-state index contributed by atoms with van der Waals surface area (Å²) < 4.78 is 13.3. The molecule has 5 rings (SSSR count). The normalized spacial score (nSPS) is 18.7. The monoisotopic (exact) mass is 434 g/mol. The number of aromatic amines is 1. The third-order valence-corrected chi connectivity index (χ3v) is 5.79. The lowest BCUT2D eigenvalue weighted by molar-refractivity contribution is 0.0950. The molecule has 4 N–H and O–H groups in total. The average Bonchev–Trinajstić information content (AvgIpc) is 3.20. The zero-order valence-electron chi connectivity index (χ0n) is 17.3. The second-order valence-corrected chi connectivity index (χ2v) is 8.14. The molecule has 1 saturated carbocycles. The van der Waals surface area contributed by atoms with E-state index in [2.05, 4.69) is 30.6 Å². The van der Waals surface area contributed by atoms with Crippen LogP contribution in [-0.2, 0) is 6.54 Å². The number of anilines is 1. The third-order valence-electron chi connectivity index (χ3n) is 5.79. The Morgan fingerprint density at radius 3 is 2.78 bits per heavy atom. The number of aromatic nitrogens is 4. The van der Waals surface area contributed by atoms with E-state index in [0.29, 0.717) is 33.9 Å². The molecule has 0 bridgehead atoms. The Kier molecular flexibility index (Phi) is 5.40. The summed E-state index contributed by atoms with van der Waals surface area (Å²) in [6, 6.07) is 9.84. The topological polar surface area (TPSA) is 116 Å². The van der Waals surface area contributed by atoms with Crippen LogP contribution in [0.5, 0.6) is 0 Å². The number of hydrogen-bond donors (Lipinski definition) is 4. The number of H-pyrrole nitrogens is 1. The summed E-state index contributed by atoms with van der Waals surface area (Å²) in [7, 11) is 0. The number of amides is 1. The minimum absolute atomic E-state index is 0.192. The fourth-order valence-electron chi connectivity index (χ4n) is 4.02. The molecule has 32 heavy (non-hydrogen) atoms. The Balaban J connectivity index is 1.27. The average molecular weight is 434 g/mol. The molecular weight excluding hydrogens is 411 g/mol. The lowest BCUT2D eigenvalue weighted by atomic mass is 9.93. The van der Waals surface area contributed by atoms with Crippen LogP contribution in [0.2, 0.25) is 0 Å². The summed E-state index contributed by atoms with van der Waals surface area (Å²) in [5.41, 5.74) is 2.38. The molecule has 9 heteroatoms. The van der Waals surface area contributed by atoms with Gasteiger partial charge in [-0.1, -0.05) is 6.07 Å². The van der Waals surface area contributed by atoms with Crippen LogP contribution in [0.1, 0.15) is 41.9 Å². The van der Waals surface area contributed by atoms with Crippen LogP contribution in [0.4, 0.5) is 10.3 Å². The molecule has 2 aromatic heterocycles. The van der Waals surface area contributed by atoms with Crippen molar-refractivity contribution in [2.45, 2.75) is 44.4 Å². The Morgan fingerprint density at radius 1 is 1.09 bits per heavy atom. The van der Waals surface area contributed by atoms with Crippen molar-refractivity contribution in [3.8, 4) is 0 Å². The molecule has 8 nitrogen and oxygen atoms in total. The molecule has 0 aliphatic heterocycles. The molecule has 0 radical (unpaired) electrons. The summed E-state index contributed by atoms with van der Waals surface area (Å²) in [5, 5.41) is 16.7. The number of nitrogens with one attached hydrogen (secondary N) is 3. The number of rotatable bonds is 5. The van der Waals surface area contributed by atoms with Crippen molar-refractivity contribution in [1.29, 1.82) is 0 Å². The van der Waals surface area contributed by atoms with Crippen molar-refractivity contribution in [2.24, 2.45) is 0 Å². The lowest BCUT2D eigenvalue weighted by Crippen LogP contribution is -2.28. The molecule has 1 aliphatic carbocycles. The first-order chi connectivity index (χ1) is 15.5. The number of imidazole rings is 1. The summed E-state index contributed by atoms with van der Waals surface area (Å²) in [5.74, 6) is 0.456. The highest BCUT2D eigenvalue weighted by molar-refractivity contribution is 5.97. The van der Waals surface area contributed by atoms with Crippen molar-refractivity contribution in [2.75, 3.05) is 5.32 Å². The highest BCUT2D eigenvalue weighted by Crippen LogP contribution is 2.22. The first kappa shape index (κ1) is 20.3. The molecule has 0 saturated heterocycles. The molecule has 2 aromatic carbocycles. The zero-order chi connectivity index (χ0) is 22.1. The number of benzene rings is 2. The van der Waals surface area contributed by atoms with Crippen LogP contribution in [-0.4, -0.2) is 43.1 Å². The van der Waals surface area contributed by atoms with Crippen LogP contribution in [0.25, 0.3) is 21.9 Å². The standard InChI is InChI=1S/C23H23FN6O2/c24-15-3-8-18-20(10-15)29-21(28-18)12-25-22(32)13-1-2-14-11-26-23(30-19(14)9-13)27-16-4-6-17(31)7-5-16/h1-3,8-11,16-17,31H,4-7,12H2,(H,25,32)(H,28,29)(H,26,27,30)/t16-,17-. The Morgan fingerprint density at radius 2 is 1.94 bits per heavy atom. The maximum atomic E-state index is 13.3. The van der Waals surface area contributed by atoms with Crippen molar-refractivity contribution in [3.05, 3.63) is 59.8 Å². The van der Waals surface area contributed by atoms with Crippen molar-refractivity contribution in [3.63, 3.8) is 0 Å². The number of aliphatic hydroxyl groups is 1. The van der Waals surface area contributed by atoms with Gasteiger partial charge in [0.1, 0.15) is 11.6 Å². The largest absolute Gasteiger partial charge is 0.393 e. The van der Waals surface area contributed by atoms with Crippen molar-refractivity contribution in [1.82, 2.24) is 25.3 Å². The fraction of sp³-hybridized carbons (Fsp3) is 0.304. The predicted molar refractivity (Wildman–Crippen MR) is 119 cm³/mol. The molecule has 1 aliphatic rings. The Hall–Kier alpha value is -3.59. The van der Waals surface area contributed by atoms with Gasteiger partial charge in [0, 0.05) is 29.3 Å². The van der Waals surface area contributed by atoms with E-state index >= 15 is 0 Å². The van der Waals surface area contributed by atoms with E-state index in [1.54, 1.807) is 24.4 Å². The van der Waals surface area contributed by atoms with Gasteiger partial charge in [-0.25, -0.2) is 19.3 Å². The summed E-state index contributed by atoms with van der Waals surface area (Å²) >= 11 is 0. The first-order valence-electron chi connectivity index (χ1n) is 10.7. The predicted octanol–water partition coefficient (Wildman–Crippen LogP) is 3.29. The second kappa shape index (κ2) is 8.51. The number of aliphatic hydroxyl groups excluding tert-OH is 1. The lowest BCUT2D eigenvalue weighted by Gasteiger charge is -2.26. The Labute approximate surface area is 183 Å². The smallest absolute Gasteiger partial charge is 0.251 e. The maximum Gasteiger partial charge on any atom is 0.251 e. The van der Waals surface area contributed by atoms with Gasteiger partial charge in [0.05, 0.1) is 29.2 Å². The molecule has 1 fully saturated rings. The zero-order valence-corrected chi connectivity index (χ0v) is 17.3. The quantitative estimate of drug-likeness (QED) is 0.383. The summed E-state index contributed by atoms with van der Waals surface area (Å²) in [6.45, 7) is 0.192. The van der Waals surface area contributed by atoms with Crippen LogP contribution < -0.4 is 10.6 Å². The van der Waals surface area contributed by atoms with E-state index in [1.165, 1.54) is 12.1 Å². The number of hydrogen-bond acceptors (Lipinski definition) is 6. The van der Waals surface area contributed by atoms with E-state index in [0.717, 1.165) is 31.1 Å². The molecule has 0 atom stereocenters. The van der Waals surface area contributed by atoms with Crippen LogP contribution in [0.15, 0.2) is 42.6 Å². The summed E-state index contributed by atoms with van der Waals surface area (Å²) in [4.78, 5) is 29.0. The Bertz CT molecular complexity index is 1280. The van der Waals surface area contributed by atoms with Gasteiger partial charge in [-0.15, -0.1) is 0 Å². The third kappa shape index (κ3) is 4.38. The molecule has 0 unspecified atom stereocenters. The highest BCUT2D eigenvalue weighted by atomic mass is 19.1. The fourth-order valence-corrected chi connectivity index (χ4v) is 4.02. The van der Waals surface area contributed by atoms with Gasteiger partial charge in [-0.3, -0.25) is 4.79 Å². The number of carbonyl (C=O) groups is 1. The number of fused-ring (bicyclic) bond motifs is 2. The molecule has 1 amide bonds. The van der Waals surface area contributed by atoms with Crippen molar-refractivity contribution < 1.29 is 14.3 Å². The van der Waals surface area contributed by atoms with Crippen LogP contribution in [0, 0.1) is 5.82 Å². The van der Waals surface area contributed by atoms with Crippen LogP contribution in [0.3, 0.4) is 0 Å². The van der Waals surface area contributed by atoms with Gasteiger partial charge in [0.2, 0.25) is 5.95 Å². The molecule has 0 spiro atoms. The van der Waals surface area contributed by atoms with Gasteiger partial charge in [-0.2, -0.15) is 0 Å². The molecular formula is C23H23FN6O2. The SMILES string of the molecule is O=C(NCc1nc2cc(F)ccc2[nH]1)c1ccc2cnc(N[C@H]3CC[C@H](O)CC3)nc2c1. The molecule has 2 heterocycles. The first-order valence-corrected chi connectivity index (χ1v) is 10.7. The van der Waals surface area contributed by atoms with Gasteiger partial charge in [-0.05, 0) is 49.9 Å². The number of halogens is 1. The van der Waals surface area contributed by atoms with Crippen molar-refractivity contribution >= 4 is 33.8 Å². The van der Waals surface area contributed by atoms with Gasteiger partial charge >= 0.3 is 0 Å². The minimum Gasteiger partial charge on any atom is -0.393 e. The van der Waals surface area contributed by atoms with E-state index in [1.807, 2.05) is 6.07 Å². The van der Waals surface area contributed by atoms with E-state index in [-0.39, 0.29) is 30.4 Å². The number of carbonyl (C=O) groups excluding carboxylic acids is 1. The van der Waals surface area contributed by atoms with E-state index in [4.69, 9.17) is 0 Å². The molecule has 164 valence electrons. The number of nitrogens with zero attached hydrogens (tertiary/aromatic N) is 3. The highest BCUT2D eigenvalue weighted by Gasteiger charge is 2.20. The maximum absolute atomic E-state index is 13.3. The minimum atomic E-state index is -0.354.